The van der Waals surface area contributed by atoms with Crippen LogP contribution in [0.2, 0.25) is 0 Å². The average molecular weight is 263 g/mol. The molecule has 106 valence electrons. The summed E-state index contributed by atoms with van der Waals surface area (Å²) in [5.74, 6) is 1.08. The minimum absolute atomic E-state index is 0.366. The van der Waals surface area contributed by atoms with E-state index in [1.807, 2.05) is 6.20 Å². The SMILES string of the molecule is CCN(CC1CCCO1)c1ncc(CCN)cc1C. The minimum Gasteiger partial charge on any atom is -0.376 e. The number of aromatic nitrogens is 1. The van der Waals surface area contributed by atoms with Crippen LogP contribution in [0.25, 0.3) is 0 Å². The van der Waals surface area contributed by atoms with Gasteiger partial charge < -0.3 is 15.4 Å². The number of likely N-dealkylation sites (N-methyl/N-ethyl adjacent to an activating group) is 1. The van der Waals surface area contributed by atoms with E-state index in [-0.39, 0.29) is 0 Å². The van der Waals surface area contributed by atoms with Gasteiger partial charge in [-0.25, -0.2) is 4.98 Å². The van der Waals surface area contributed by atoms with Crippen molar-refractivity contribution in [1.29, 1.82) is 0 Å². The molecule has 1 fully saturated rings. The van der Waals surface area contributed by atoms with Gasteiger partial charge in [0, 0.05) is 25.9 Å². The third kappa shape index (κ3) is 3.67. The third-order valence-corrected chi connectivity index (χ3v) is 3.67. The van der Waals surface area contributed by atoms with Gasteiger partial charge in [0.15, 0.2) is 0 Å². The Labute approximate surface area is 116 Å². The molecule has 2 rings (SSSR count). The number of anilines is 1. The molecule has 4 heteroatoms. The van der Waals surface area contributed by atoms with Crippen molar-refractivity contribution in [3.8, 4) is 0 Å². The Balaban J connectivity index is 2.08. The van der Waals surface area contributed by atoms with Crippen LogP contribution < -0.4 is 10.6 Å². The number of hydrogen-bond acceptors (Lipinski definition) is 4. The van der Waals surface area contributed by atoms with Crippen LogP contribution in [0.15, 0.2) is 12.3 Å². The molecule has 1 aliphatic rings. The van der Waals surface area contributed by atoms with Crippen LogP contribution in [-0.4, -0.2) is 37.3 Å². The van der Waals surface area contributed by atoms with Gasteiger partial charge in [-0.3, -0.25) is 0 Å². The summed E-state index contributed by atoms with van der Waals surface area (Å²) in [5, 5.41) is 0. The zero-order chi connectivity index (χ0) is 13.7. The van der Waals surface area contributed by atoms with E-state index in [1.54, 1.807) is 0 Å². The molecule has 0 aliphatic carbocycles. The maximum absolute atomic E-state index is 5.72. The lowest BCUT2D eigenvalue weighted by Gasteiger charge is -2.26. The quantitative estimate of drug-likeness (QED) is 0.851. The van der Waals surface area contributed by atoms with E-state index < -0.39 is 0 Å². The van der Waals surface area contributed by atoms with Gasteiger partial charge in [0.2, 0.25) is 0 Å². The predicted molar refractivity (Wildman–Crippen MR) is 78.6 cm³/mol. The Hall–Kier alpha value is -1.13. The first-order chi connectivity index (χ1) is 9.24. The van der Waals surface area contributed by atoms with E-state index in [4.69, 9.17) is 10.5 Å². The summed E-state index contributed by atoms with van der Waals surface area (Å²) >= 11 is 0. The molecular weight excluding hydrogens is 238 g/mol. The molecule has 0 bridgehead atoms. The Morgan fingerprint density at radius 1 is 1.53 bits per heavy atom. The Kier molecular flexibility index (Phi) is 5.16. The monoisotopic (exact) mass is 263 g/mol. The molecule has 0 saturated carbocycles. The van der Waals surface area contributed by atoms with Crippen molar-refractivity contribution in [2.75, 3.05) is 31.1 Å². The van der Waals surface area contributed by atoms with Crippen molar-refractivity contribution >= 4 is 5.82 Å². The van der Waals surface area contributed by atoms with Gasteiger partial charge in [-0.15, -0.1) is 0 Å². The number of nitrogens with two attached hydrogens (primary N) is 1. The third-order valence-electron chi connectivity index (χ3n) is 3.67. The summed E-state index contributed by atoms with van der Waals surface area (Å²) in [6, 6.07) is 2.20. The van der Waals surface area contributed by atoms with Crippen molar-refractivity contribution in [1.82, 2.24) is 4.98 Å². The molecule has 0 radical (unpaired) electrons. The van der Waals surface area contributed by atoms with E-state index >= 15 is 0 Å². The summed E-state index contributed by atoms with van der Waals surface area (Å²) in [5.41, 5.74) is 8.04. The van der Waals surface area contributed by atoms with Crippen LogP contribution in [-0.2, 0) is 11.2 Å². The molecule has 19 heavy (non-hydrogen) atoms. The van der Waals surface area contributed by atoms with Gasteiger partial charge in [0.25, 0.3) is 0 Å². The van der Waals surface area contributed by atoms with Gasteiger partial charge in [-0.2, -0.15) is 0 Å². The predicted octanol–water partition coefficient (Wildman–Crippen LogP) is 1.90. The van der Waals surface area contributed by atoms with E-state index in [2.05, 4.69) is 29.8 Å². The Bertz CT molecular complexity index is 402. The van der Waals surface area contributed by atoms with Crippen LogP contribution in [0.4, 0.5) is 5.82 Å². The van der Waals surface area contributed by atoms with Gasteiger partial charge >= 0.3 is 0 Å². The lowest BCUT2D eigenvalue weighted by Crippen LogP contribution is -2.33. The molecular formula is C15H25N3O. The highest BCUT2D eigenvalue weighted by Gasteiger charge is 2.20. The fraction of sp³-hybridized carbons (Fsp3) is 0.667. The normalized spacial score (nSPS) is 18.8. The fourth-order valence-electron chi connectivity index (χ4n) is 2.66. The molecule has 1 aromatic heterocycles. The van der Waals surface area contributed by atoms with E-state index in [9.17, 15) is 0 Å². The minimum atomic E-state index is 0.366. The van der Waals surface area contributed by atoms with Crippen LogP contribution in [0.1, 0.15) is 30.9 Å². The first-order valence-electron chi connectivity index (χ1n) is 7.26. The first kappa shape index (κ1) is 14.3. The Morgan fingerprint density at radius 2 is 2.37 bits per heavy atom. The van der Waals surface area contributed by atoms with Crippen molar-refractivity contribution in [3.63, 3.8) is 0 Å². The molecule has 0 aromatic carbocycles. The molecule has 1 saturated heterocycles. The molecule has 1 aliphatic heterocycles. The van der Waals surface area contributed by atoms with Crippen molar-refractivity contribution in [2.45, 2.75) is 39.2 Å². The number of hydrogen-bond donors (Lipinski definition) is 1. The molecule has 2 N–H and O–H groups in total. The zero-order valence-electron chi connectivity index (χ0n) is 12.1. The van der Waals surface area contributed by atoms with Crippen LogP contribution in [0.5, 0.6) is 0 Å². The van der Waals surface area contributed by atoms with Crippen molar-refractivity contribution in [3.05, 3.63) is 23.4 Å². The summed E-state index contributed by atoms with van der Waals surface area (Å²) in [4.78, 5) is 6.94. The second-order valence-electron chi connectivity index (χ2n) is 5.20. The first-order valence-corrected chi connectivity index (χ1v) is 7.26. The number of pyridine rings is 1. The van der Waals surface area contributed by atoms with Gasteiger partial charge in [0.1, 0.15) is 5.82 Å². The van der Waals surface area contributed by atoms with E-state index in [1.165, 1.54) is 24.0 Å². The zero-order valence-corrected chi connectivity index (χ0v) is 12.1. The van der Waals surface area contributed by atoms with Crippen molar-refractivity contribution in [2.24, 2.45) is 5.73 Å². The summed E-state index contributed by atoms with van der Waals surface area (Å²) in [6.07, 6.45) is 5.56. The standard InChI is InChI=1S/C15H25N3O/c1-3-18(11-14-5-4-8-19-14)15-12(2)9-13(6-7-16)10-17-15/h9-10,14H,3-8,11,16H2,1-2H3. The molecule has 0 spiro atoms. The molecule has 0 amide bonds. The maximum Gasteiger partial charge on any atom is 0.131 e. The van der Waals surface area contributed by atoms with Crippen LogP contribution >= 0.6 is 0 Å². The van der Waals surface area contributed by atoms with Gasteiger partial charge in [0.05, 0.1) is 6.10 Å². The lowest BCUT2D eigenvalue weighted by atomic mass is 10.1. The van der Waals surface area contributed by atoms with Crippen LogP contribution in [0.3, 0.4) is 0 Å². The van der Waals surface area contributed by atoms with Crippen LogP contribution in [0, 0.1) is 6.92 Å². The largest absolute Gasteiger partial charge is 0.376 e. The summed E-state index contributed by atoms with van der Waals surface area (Å²) in [6.45, 7) is 7.78. The Morgan fingerprint density at radius 3 is 2.95 bits per heavy atom. The summed E-state index contributed by atoms with van der Waals surface area (Å²) < 4.78 is 5.72. The van der Waals surface area contributed by atoms with Gasteiger partial charge in [-0.05, 0) is 50.8 Å². The molecule has 1 atom stereocenters. The van der Waals surface area contributed by atoms with Gasteiger partial charge in [-0.1, -0.05) is 6.07 Å². The molecule has 1 unspecified atom stereocenters. The lowest BCUT2D eigenvalue weighted by molar-refractivity contribution is 0.115. The van der Waals surface area contributed by atoms with E-state index in [0.29, 0.717) is 12.6 Å². The maximum atomic E-state index is 5.72. The number of rotatable bonds is 6. The number of aryl methyl sites for hydroxylation is 1. The highest BCUT2D eigenvalue weighted by Crippen LogP contribution is 2.21. The topological polar surface area (TPSA) is 51.4 Å². The smallest absolute Gasteiger partial charge is 0.131 e. The summed E-state index contributed by atoms with van der Waals surface area (Å²) in [7, 11) is 0. The molecule has 1 aromatic rings. The average Bonchev–Trinajstić information content (AvgIpc) is 2.90. The second kappa shape index (κ2) is 6.87. The highest BCUT2D eigenvalue weighted by molar-refractivity contribution is 5.47. The van der Waals surface area contributed by atoms with E-state index in [0.717, 1.165) is 31.9 Å². The highest BCUT2D eigenvalue weighted by atomic mass is 16.5. The fourth-order valence-corrected chi connectivity index (χ4v) is 2.66. The molecule has 2 heterocycles. The molecule has 4 nitrogen and oxygen atoms in total. The second-order valence-corrected chi connectivity index (χ2v) is 5.20. The number of ether oxygens (including phenoxy) is 1. The van der Waals surface area contributed by atoms with Crippen molar-refractivity contribution < 1.29 is 4.74 Å². The number of nitrogens with zero attached hydrogens (tertiary/aromatic N) is 2.